The summed E-state index contributed by atoms with van der Waals surface area (Å²) in [5, 5.41) is 0. The van der Waals surface area contributed by atoms with Gasteiger partial charge in [-0.25, -0.2) is 4.39 Å². The van der Waals surface area contributed by atoms with E-state index in [9.17, 15) is 4.39 Å². The van der Waals surface area contributed by atoms with Crippen molar-refractivity contribution in [2.45, 2.75) is 19.9 Å². The summed E-state index contributed by atoms with van der Waals surface area (Å²) >= 11 is 8.61. The number of halogens is 2. The number of aryl methyl sites for hydroxylation is 1. The van der Waals surface area contributed by atoms with Crippen LogP contribution in [0.5, 0.6) is 0 Å². The van der Waals surface area contributed by atoms with Gasteiger partial charge in [-0.05, 0) is 53.6 Å². The Kier molecular flexibility index (Phi) is 3.71. The first kappa shape index (κ1) is 14.5. The Hall–Kier alpha value is -1.46. The molecule has 0 aliphatic rings. The molecule has 0 fully saturated rings. The van der Waals surface area contributed by atoms with Gasteiger partial charge in [0.25, 0.3) is 0 Å². The largest absolute Gasteiger partial charge is 0.331 e. The zero-order valence-corrected chi connectivity index (χ0v) is 14.1. The monoisotopic (exact) mass is 364 g/mol. The van der Waals surface area contributed by atoms with Crippen LogP contribution in [0.15, 0.2) is 40.9 Å². The lowest BCUT2D eigenvalue weighted by atomic mass is 10.1. The molecule has 1 aromatic heterocycles. The number of imidazole rings is 1. The lowest BCUT2D eigenvalue weighted by Gasteiger charge is -2.15. The zero-order chi connectivity index (χ0) is 15.1. The standard InChI is InChI=1S/C16H14BrFN2S/c1-9-3-5-11(6-4-9)10(2)20-15-8-13(18)12(17)7-14(15)19-16(20)21/h3-8,10H,1-2H3,(H,19,21). The summed E-state index contributed by atoms with van der Waals surface area (Å²) in [5.74, 6) is -0.290. The topological polar surface area (TPSA) is 20.7 Å². The predicted octanol–water partition coefficient (Wildman–Crippen LogP) is 5.52. The normalized spacial score (nSPS) is 12.8. The number of hydrogen-bond donors (Lipinski definition) is 1. The van der Waals surface area contributed by atoms with Gasteiger partial charge in [0, 0.05) is 6.07 Å². The SMILES string of the molecule is Cc1ccc(C(C)n2c(=S)[nH]c3cc(Br)c(F)cc32)cc1. The minimum atomic E-state index is -0.290. The predicted molar refractivity (Wildman–Crippen MR) is 89.8 cm³/mol. The fourth-order valence-corrected chi connectivity index (χ4v) is 3.21. The van der Waals surface area contributed by atoms with Crippen LogP contribution in [0.2, 0.25) is 0 Å². The van der Waals surface area contributed by atoms with Gasteiger partial charge in [0.15, 0.2) is 4.77 Å². The van der Waals surface area contributed by atoms with Crippen LogP contribution in [0.3, 0.4) is 0 Å². The van der Waals surface area contributed by atoms with Crippen LogP contribution in [0, 0.1) is 17.5 Å². The summed E-state index contributed by atoms with van der Waals surface area (Å²) in [6.07, 6.45) is 0. The molecule has 21 heavy (non-hydrogen) atoms. The van der Waals surface area contributed by atoms with Crippen molar-refractivity contribution < 1.29 is 4.39 Å². The average molecular weight is 365 g/mol. The Morgan fingerprint density at radius 2 is 1.90 bits per heavy atom. The van der Waals surface area contributed by atoms with Gasteiger partial charge in [0.1, 0.15) is 5.82 Å². The molecule has 1 atom stereocenters. The van der Waals surface area contributed by atoms with Crippen LogP contribution in [-0.4, -0.2) is 9.55 Å². The Bertz CT molecular complexity index is 864. The zero-order valence-electron chi connectivity index (χ0n) is 11.7. The van der Waals surface area contributed by atoms with Gasteiger partial charge >= 0.3 is 0 Å². The first-order valence-corrected chi connectivity index (χ1v) is 7.83. The van der Waals surface area contributed by atoms with Crippen molar-refractivity contribution >= 4 is 39.2 Å². The van der Waals surface area contributed by atoms with Crippen LogP contribution < -0.4 is 0 Å². The maximum Gasteiger partial charge on any atom is 0.178 e. The molecule has 1 heterocycles. The van der Waals surface area contributed by atoms with E-state index in [1.165, 1.54) is 11.6 Å². The molecular formula is C16H14BrFN2S. The van der Waals surface area contributed by atoms with Crippen molar-refractivity contribution in [1.29, 1.82) is 0 Å². The fourth-order valence-electron chi connectivity index (χ4n) is 2.50. The highest BCUT2D eigenvalue weighted by molar-refractivity contribution is 9.10. The highest BCUT2D eigenvalue weighted by Crippen LogP contribution is 2.28. The molecule has 0 amide bonds. The summed E-state index contributed by atoms with van der Waals surface area (Å²) < 4.78 is 16.8. The van der Waals surface area contributed by atoms with Gasteiger partial charge in [0.05, 0.1) is 21.5 Å². The van der Waals surface area contributed by atoms with E-state index in [2.05, 4.69) is 59.0 Å². The van der Waals surface area contributed by atoms with E-state index < -0.39 is 0 Å². The Morgan fingerprint density at radius 1 is 1.24 bits per heavy atom. The van der Waals surface area contributed by atoms with Gasteiger partial charge in [-0.3, -0.25) is 0 Å². The van der Waals surface area contributed by atoms with Crippen molar-refractivity contribution in [3.8, 4) is 0 Å². The van der Waals surface area contributed by atoms with Crippen LogP contribution in [-0.2, 0) is 0 Å². The molecule has 0 spiro atoms. The minimum Gasteiger partial charge on any atom is -0.331 e. The minimum absolute atomic E-state index is 0.0347. The number of rotatable bonds is 2. The molecule has 0 aliphatic carbocycles. The Balaban J connectivity index is 2.19. The number of aromatic nitrogens is 2. The van der Waals surface area contributed by atoms with Crippen molar-refractivity contribution in [2.75, 3.05) is 0 Å². The molecule has 108 valence electrons. The van der Waals surface area contributed by atoms with E-state index >= 15 is 0 Å². The summed E-state index contributed by atoms with van der Waals surface area (Å²) in [6.45, 7) is 4.12. The Morgan fingerprint density at radius 3 is 2.57 bits per heavy atom. The average Bonchev–Trinajstić information content (AvgIpc) is 2.75. The van der Waals surface area contributed by atoms with E-state index in [-0.39, 0.29) is 11.9 Å². The second-order valence-corrected chi connectivity index (χ2v) is 6.41. The maximum atomic E-state index is 13.8. The lowest BCUT2D eigenvalue weighted by Crippen LogP contribution is -2.07. The van der Waals surface area contributed by atoms with Gasteiger partial charge in [-0.15, -0.1) is 0 Å². The second kappa shape index (κ2) is 5.39. The molecular weight excluding hydrogens is 351 g/mol. The van der Waals surface area contributed by atoms with Gasteiger partial charge < -0.3 is 9.55 Å². The first-order valence-electron chi connectivity index (χ1n) is 6.63. The maximum absolute atomic E-state index is 13.8. The lowest BCUT2D eigenvalue weighted by molar-refractivity contribution is 0.617. The number of hydrogen-bond acceptors (Lipinski definition) is 1. The highest BCUT2D eigenvalue weighted by atomic mass is 79.9. The van der Waals surface area contributed by atoms with Crippen LogP contribution in [0.25, 0.3) is 11.0 Å². The number of nitrogens with zero attached hydrogens (tertiary/aromatic N) is 1. The van der Waals surface area contributed by atoms with E-state index in [0.29, 0.717) is 9.24 Å². The molecule has 2 nitrogen and oxygen atoms in total. The van der Waals surface area contributed by atoms with Crippen molar-refractivity contribution in [1.82, 2.24) is 9.55 Å². The van der Waals surface area contributed by atoms with E-state index in [0.717, 1.165) is 16.6 Å². The number of benzene rings is 2. The molecule has 0 saturated heterocycles. The third kappa shape index (κ3) is 2.56. The van der Waals surface area contributed by atoms with Crippen LogP contribution >= 0.6 is 28.1 Å². The van der Waals surface area contributed by atoms with E-state index in [1.807, 2.05) is 4.57 Å². The molecule has 0 saturated carbocycles. The molecule has 3 aromatic rings. The molecule has 1 unspecified atom stereocenters. The Labute approximate surface area is 135 Å². The van der Waals surface area contributed by atoms with E-state index in [4.69, 9.17) is 12.2 Å². The second-order valence-electron chi connectivity index (χ2n) is 5.17. The van der Waals surface area contributed by atoms with Crippen molar-refractivity contribution in [2.24, 2.45) is 0 Å². The quantitative estimate of drug-likeness (QED) is 0.593. The third-order valence-electron chi connectivity index (χ3n) is 3.71. The van der Waals surface area contributed by atoms with Crippen LogP contribution in [0.1, 0.15) is 24.1 Å². The molecule has 5 heteroatoms. The summed E-state index contributed by atoms with van der Waals surface area (Å²) in [5.41, 5.74) is 3.95. The number of aromatic amines is 1. The van der Waals surface area contributed by atoms with Crippen molar-refractivity contribution in [3.63, 3.8) is 0 Å². The highest BCUT2D eigenvalue weighted by Gasteiger charge is 2.15. The molecule has 3 rings (SSSR count). The van der Waals surface area contributed by atoms with Crippen molar-refractivity contribution in [3.05, 3.63) is 62.6 Å². The molecule has 0 bridgehead atoms. The smallest absolute Gasteiger partial charge is 0.178 e. The van der Waals surface area contributed by atoms with Gasteiger partial charge in [-0.1, -0.05) is 29.8 Å². The molecule has 0 aliphatic heterocycles. The third-order valence-corrected chi connectivity index (χ3v) is 4.61. The number of nitrogens with one attached hydrogen (secondary N) is 1. The van der Waals surface area contributed by atoms with Gasteiger partial charge in [0.2, 0.25) is 0 Å². The fraction of sp³-hybridized carbons (Fsp3) is 0.188. The number of fused-ring (bicyclic) bond motifs is 1. The van der Waals surface area contributed by atoms with Crippen LogP contribution in [0.4, 0.5) is 4.39 Å². The molecule has 1 N–H and O–H groups in total. The van der Waals surface area contributed by atoms with E-state index in [1.54, 1.807) is 6.07 Å². The first-order chi connectivity index (χ1) is 9.97. The summed E-state index contributed by atoms with van der Waals surface area (Å²) in [4.78, 5) is 3.14. The summed E-state index contributed by atoms with van der Waals surface area (Å²) in [7, 11) is 0. The molecule has 2 aromatic carbocycles. The van der Waals surface area contributed by atoms with Gasteiger partial charge in [-0.2, -0.15) is 0 Å². The number of H-pyrrole nitrogens is 1. The summed E-state index contributed by atoms with van der Waals surface area (Å²) in [6, 6.07) is 11.6. The molecule has 0 radical (unpaired) electrons.